The molecule has 0 unspecified atom stereocenters. The predicted molar refractivity (Wildman–Crippen MR) is 69.2 cm³/mol. The fraction of sp³-hybridized carbons (Fsp3) is 0.917. The van der Waals surface area contributed by atoms with Gasteiger partial charge in [-0.25, -0.2) is 4.79 Å². The van der Waals surface area contributed by atoms with E-state index in [2.05, 4.69) is 0 Å². The molecule has 0 aromatic carbocycles. The lowest BCUT2D eigenvalue weighted by molar-refractivity contribution is -0.108. The highest BCUT2D eigenvalue weighted by Gasteiger charge is 2.55. The summed E-state index contributed by atoms with van der Waals surface area (Å²) in [4.78, 5) is 13.3. The van der Waals surface area contributed by atoms with E-state index >= 15 is 0 Å². The summed E-state index contributed by atoms with van der Waals surface area (Å²) in [7, 11) is -3.37. The SMILES string of the molecule is CCCCOC(=O)N1CC2(CC(OS(C)(=O)=O)C2)C1. The normalized spacial score (nSPS) is 21.9. The lowest BCUT2D eigenvalue weighted by atomic mass is 9.62. The average molecular weight is 291 g/mol. The molecular weight excluding hydrogens is 270 g/mol. The number of hydrogen-bond acceptors (Lipinski definition) is 5. The maximum atomic E-state index is 11.6. The molecule has 1 spiro atoms. The summed E-state index contributed by atoms with van der Waals surface area (Å²) in [5.41, 5.74) is 0.0686. The van der Waals surface area contributed by atoms with Gasteiger partial charge in [-0.2, -0.15) is 8.42 Å². The third kappa shape index (κ3) is 3.60. The molecule has 1 aliphatic carbocycles. The van der Waals surface area contributed by atoms with Crippen molar-refractivity contribution in [3.05, 3.63) is 0 Å². The highest BCUT2D eigenvalue weighted by molar-refractivity contribution is 7.86. The van der Waals surface area contributed by atoms with Crippen molar-refractivity contribution in [2.45, 2.75) is 38.7 Å². The van der Waals surface area contributed by atoms with Crippen LogP contribution >= 0.6 is 0 Å². The van der Waals surface area contributed by atoms with E-state index in [4.69, 9.17) is 8.92 Å². The van der Waals surface area contributed by atoms with Gasteiger partial charge in [0.25, 0.3) is 10.1 Å². The van der Waals surface area contributed by atoms with Gasteiger partial charge in [0.1, 0.15) is 0 Å². The smallest absolute Gasteiger partial charge is 0.409 e. The number of rotatable bonds is 5. The van der Waals surface area contributed by atoms with E-state index in [0.29, 0.717) is 32.5 Å². The molecule has 2 aliphatic rings. The van der Waals surface area contributed by atoms with Crippen LogP contribution in [-0.2, 0) is 19.0 Å². The van der Waals surface area contributed by atoms with Gasteiger partial charge in [-0.1, -0.05) is 13.3 Å². The Labute approximate surface area is 114 Å². The van der Waals surface area contributed by atoms with E-state index in [9.17, 15) is 13.2 Å². The second kappa shape index (κ2) is 5.28. The van der Waals surface area contributed by atoms with Crippen LogP contribution in [0.25, 0.3) is 0 Å². The Hall–Kier alpha value is -0.820. The van der Waals surface area contributed by atoms with E-state index in [-0.39, 0.29) is 17.6 Å². The highest BCUT2D eigenvalue weighted by Crippen LogP contribution is 2.50. The second-order valence-electron chi connectivity index (χ2n) is 5.65. The van der Waals surface area contributed by atoms with Crippen molar-refractivity contribution in [3.8, 4) is 0 Å². The molecule has 2 fully saturated rings. The van der Waals surface area contributed by atoms with E-state index < -0.39 is 10.1 Å². The largest absolute Gasteiger partial charge is 0.449 e. The fourth-order valence-corrected chi connectivity index (χ4v) is 3.40. The summed E-state index contributed by atoms with van der Waals surface area (Å²) < 4.78 is 32.0. The van der Waals surface area contributed by atoms with Crippen molar-refractivity contribution >= 4 is 16.2 Å². The number of carbonyl (C=O) groups is 1. The highest BCUT2D eigenvalue weighted by atomic mass is 32.2. The van der Waals surface area contributed by atoms with Crippen LogP contribution in [0.3, 0.4) is 0 Å². The Morgan fingerprint density at radius 2 is 2.00 bits per heavy atom. The van der Waals surface area contributed by atoms with Crippen LogP contribution in [-0.4, -0.2) is 51.5 Å². The van der Waals surface area contributed by atoms with Gasteiger partial charge in [0.2, 0.25) is 0 Å². The summed E-state index contributed by atoms with van der Waals surface area (Å²) >= 11 is 0. The van der Waals surface area contributed by atoms with Gasteiger partial charge in [-0.3, -0.25) is 4.18 Å². The van der Waals surface area contributed by atoms with Gasteiger partial charge in [-0.15, -0.1) is 0 Å². The molecule has 1 saturated heterocycles. The molecule has 1 amide bonds. The molecule has 110 valence electrons. The Bertz CT molecular complexity index is 433. The topological polar surface area (TPSA) is 72.9 Å². The van der Waals surface area contributed by atoms with Crippen LogP contribution in [0.1, 0.15) is 32.6 Å². The van der Waals surface area contributed by atoms with Crippen LogP contribution in [0.4, 0.5) is 4.79 Å². The second-order valence-corrected chi connectivity index (χ2v) is 7.26. The quantitative estimate of drug-likeness (QED) is 0.565. The monoisotopic (exact) mass is 291 g/mol. The van der Waals surface area contributed by atoms with Crippen LogP contribution in [0.2, 0.25) is 0 Å². The molecule has 0 N–H and O–H groups in total. The minimum Gasteiger partial charge on any atom is -0.449 e. The van der Waals surface area contributed by atoms with Crippen molar-refractivity contribution in [2.24, 2.45) is 5.41 Å². The molecule has 6 nitrogen and oxygen atoms in total. The Morgan fingerprint density at radius 1 is 1.37 bits per heavy atom. The maximum Gasteiger partial charge on any atom is 0.409 e. The first-order valence-electron chi connectivity index (χ1n) is 6.63. The van der Waals surface area contributed by atoms with Gasteiger partial charge >= 0.3 is 6.09 Å². The van der Waals surface area contributed by atoms with Gasteiger partial charge in [0.05, 0.1) is 19.0 Å². The zero-order valence-corrected chi connectivity index (χ0v) is 12.2. The van der Waals surface area contributed by atoms with Gasteiger partial charge in [0.15, 0.2) is 0 Å². The first-order valence-corrected chi connectivity index (χ1v) is 8.45. The molecule has 0 bridgehead atoms. The minimum absolute atomic E-state index is 0.0686. The van der Waals surface area contributed by atoms with Gasteiger partial charge in [-0.05, 0) is 19.3 Å². The zero-order valence-electron chi connectivity index (χ0n) is 11.4. The lowest BCUT2D eigenvalue weighted by Crippen LogP contribution is -2.65. The number of likely N-dealkylation sites (tertiary alicyclic amines) is 1. The first-order chi connectivity index (χ1) is 8.84. The molecule has 1 saturated carbocycles. The predicted octanol–water partition coefficient (Wildman–Crippen LogP) is 1.36. The van der Waals surface area contributed by atoms with Crippen molar-refractivity contribution < 1.29 is 22.1 Å². The number of hydrogen-bond donors (Lipinski definition) is 0. The van der Waals surface area contributed by atoms with E-state index in [0.717, 1.165) is 19.1 Å². The number of nitrogens with zero attached hydrogens (tertiary/aromatic N) is 1. The molecule has 0 radical (unpaired) electrons. The summed E-state index contributed by atoms with van der Waals surface area (Å²) in [6.45, 7) is 3.82. The molecule has 19 heavy (non-hydrogen) atoms. The number of ether oxygens (including phenoxy) is 1. The molecule has 7 heteroatoms. The standard InChI is InChI=1S/C12H21NO5S/c1-3-4-5-17-11(14)13-8-12(9-13)6-10(7-12)18-19(2,15)16/h10H,3-9H2,1-2H3. The summed E-state index contributed by atoms with van der Waals surface area (Å²) in [6, 6.07) is 0. The van der Waals surface area contributed by atoms with Crippen molar-refractivity contribution in [3.63, 3.8) is 0 Å². The molecular formula is C12H21NO5S. The van der Waals surface area contributed by atoms with Crippen molar-refractivity contribution in [1.82, 2.24) is 4.90 Å². The maximum absolute atomic E-state index is 11.6. The average Bonchev–Trinajstić information content (AvgIpc) is 2.18. The molecule has 0 aromatic heterocycles. The third-order valence-corrected chi connectivity index (χ3v) is 4.29. The van der Waals surface area contributed by atoms with Gasteiger partial charge in [0, 0.05) is 18.5 Å². The first kappa shape index (κ1) is 14.6. The number of amides is 1. The Morgan fingerprint density at radius 3 is 2.53 bits per heavy atom. The fourth-order valence-electron chi connectivity index (χ4n) is 2.77. The van der Waals surface area contributed by atoms with Crippen molar-refractivity contribution in [1.29, 1.82) is 0 Å². The third-order valence-electron chi connectivity index (χ3n) is 3.67. The van der Waals surface area contributed by atoms with Crippen molar-refractivity contribution in [2.75, 3.05) is 26.0 Å². The van der Waals surface area contributed by atoms with Crippen LogP contribution in [0.5, 0.6) is 0 Å². The van der Waals surface area contributed by atoms with Gasteiger partial charge < -0.3 is 9.64 Å². The Kier molecular flexibility index (Phi) is 4.06. The summed E-state index contributed by atoms with van der Waals surface area (Å²) in [5, 5.41) is 0. The summed E-state index contributed by atoms with van der Waals surface area (Å²) in [5.74, 6) is 0. The van der Waals surface area contributed by atoms with E-state index in [1.807, 2.05) is 6.92 Å². The molecule has 1 heterocycles. The van der Waals surface area contributed by atoms with Crippen LogP contribution in [0.15, 0.2) is 0 Å². The van der Waals surface area contributed by atoms with Crippen LogP contribution in [0, 0.1) is 5.41 Å². The molecule has 0 aromatic rings. The summed E-state index contributed by atoms with van der Waals surface area (Å²) in [6.07, 6.45) is 3.89. The van der Waals surface area contributed by atoms with E-state index in [1.165, 1.54) is 0 Å². The number of unbranched alkanes of at least 4 members (excludes halogenated alkanes) is 1. The van der Waals surface area contributed by atoms with Crippen LogP contribution < -0.4 is 0 Å². The minimum atomic E-state index is -3.37. The van der Waals surface area contributed by atoms with E-state index in [1.54, 1.807) is 4.90 Å². The molecule has 0 atom stereocenters. The number of carbonyl (C=O) groups excluding carboxylic acids is 1. The molecule has 1 aliphatic heterocycles. The molecule has 2 rings (SSSR count). The lowest BCUT2D eigenvalue weighted by Gasteiger charge is -2.57. The Balaban J connectivity index is 1.66. The zero-order chi connectivity index (χ0) is 14.1.